The zero-order valence-electron chi connectivity index (χ0n) is 18.1. The van der Waals surface area contributed by atoms with E-state index in [4.69, 9.17) is 5.14 Å². The van der Waals surface area contributed by atoms with Gasteiger partial charge < -0.3 is 15.5 Å². The predicted octanol–water partition coefficient (Wildman–Crippen LogP) is 1.79. The third kappa shape index (κ3) is 5.34. The molecule has 1 atom stereocenters. The second kappa shape index (κ2) is 8.03. The molecule has 3 rings (SSSR count). The van der Waals surface area contributed by atoms with Crippen LogP contribution < -0.4 is 15.8 Å². The SMILES string of the molecule is CC1(C)CC(NC(O)c2ccc(-c3ccn(S(N)(=O)=O)c3C(=O)O)cc2)CC(C)(C)N1. The highest BCUT2D eigenvalue weighted by atomic mass is 32.2. The molecule has 1 aliphatic heterocycles. The Balaban J connectivity index is 1.81. The quantitative estimate of drug-likeness (QED) is 0.422. The molecular formula is C21H30N4O5S. The molecule has 1 aromatic carbocycles. The number of hydrogen-bond donors (Lipinski definition) is 5. The summed E-state index contributed by atoms with van der Waals surface area (Å²) in [5, 5.41) is 32.2. The fraction of sp³-hybridized carbons (Fsp3) is 0.476. The number of carboxylic acid groups (broad SMARTS) is 1. The van der Waals surface area contributed by atoms with Crippen LogP contribution in [0, 0.1) is 0 Å². The Hall–Kier alpha value is -2.24. The molecule has 31 heavy (non-hydrogen) atoms. The van der Waals surface area contributed by atoms with Crippen molar-refractivity contribution in [3.63, 3.8) is 0 Å². The summed E-state index contributed by atoms with van der Waals surface area (Å²) in [5.41, 5.74) is 0.783. The number of hydrogen-bond acceptors (Lipinski definition) is 6. The van der Waals surface area contributed by atoms with Gasteiger partial charge in [0, 0.05) is 28.9 Å². The number of aliphatic hydroxyl groups excluding tert-OH is 1. The molecule has 2 heterocycles. The van der Waals surface area contributed by atoms with Gasteiger partial charge in [-0.25, -0.2) is 13.9 Å². The van der Waals surface area contributed by atoms with Gasteiger partial charge in [0.05, 0.1) is 0 Å². The monoisotopic (exact) mass is 450 g/mol. The lowest BCUT2D eigenvalue weighted by molar-refractivity contribution is 0.0689. The fourth-order valence-electron chi connectivity index (χ4n) is 4.67. The maximum Gasteiger partial charge on any atom is 0.354 e. The standard InChI is InChI=1S/C21H30N4O5S/c1-20(2)11-15(12-21(3,4)24-20)23-18(26)14-7-5-13(6-8-14)16-9-10-25(31(22,29)30)17(16)19(27)28/h5-10,15,18,23-24,26H,11-12H2,1-4H3,(H,27,28)(H2,22,29,30). The molecule has 0 radical (unpaired) electrons. The highest BCUT2D eigenvalue weighted by molar-refractivity contribution is 7.87. The van der Waals surface area contributed by atoms with Crippen molar-refractivity contribution in [2.24, 2.45) is 5.14 Å². The number of nitrogens with one attached hydrogen (secondary N) is 2. The van der Waals surface area contributed by atoms with E-state index in [-0.39, 0.29) is 22.7 Å². The Bertz CT molecular complexity index is 1060. The summed E-state index contributed by atoms with van der Waals surface area (Å²) in [6.45, 7) is 8.55. The minimum Gasteiger partial charge on any atom is -0.477 e. The predicted molar refractivity (Wildman–Crippen MR) is 118 cm³/mol. The smallest absolute Gasteiger partial charge is 0.354 e. The van der Waals surface area contributed by atoms with Gasteiger partial charge in [-0.05, 0) is 57.7 Å². The van der Waals surface area contributed by atoms with Crippen LogP contribution in [0.4, 0.5) is 0 Å². The molecule has 1 saturated heterocycles. The van der Waals surface area contributed by atoms with Crippen LogP contribution in [0.15, 0.2) is 36.5 Å². The van der Waals surface area contributed by atoms with Crippen molar-refractivity contribution in [3.05, 3.63) is 47.8 Å². The summed E-state index contributed by atoms with van der Waals surface area (Å²) < 4.78 is 23.9. The van der Waals surface area contributed by atoms with Crippen LogP contribution in [0.3, 0.4) is 0 Å². The molecule has 1 fully saturated rings. The van der Waals surface area contributed by atoms with Gasteiger partial charge in [0.25, 0.3) is 0 Å². The molecule has 10 heteroatoms. The minimum absolute atomic E-state index is 0.0628. The molecule has 0 amide bonds. The van der Waals surface area contributed by atoms with Gasteiger partial charge in [-0.15, -0.1) is 0 Å². The van der Waals surface area contributed by atoms with Crippen LogP contribution in [0.1, 0.15) is 62.8 Å². The van der Waals surface area contributed by atoms with Gasteiger partial charge >= 0.3 is 16.2 Å². The normalized spacial score (nSPS) is 19.8. The first-order valence-electron chi connectivity index (χ1n) is 10.0. The number of rotatable bonds is 6. The van der Waals surface area contributed by atoms with Crippen LogP contribution in [-0.4, -0.2) is 45.7 Å². The van der Waals surface area contributed by atoms with Crippen molar-refractivity contribution >= 4 is 16.2 Å². The number of nitrogens with zero attached hydrogens (tertiary/aromatic N) is 1. The zero-order valence-corrected chi connectivity index (χ0v) is 18.9. The molecule has 1 aromatic heterocycles. The third-order valence-electron chi connectivity index (χ3n) is 5.45. The average molecular weight is 451 g/mol. The van der Waals surface area contributed by atoms with E-state index in [1.165, 1.54) is 6.07 Å². The van der Waals surface area contributed by atoms with Gasteiger partial charge in [0.15, 0.2) is 5.69 Å². The Kier molecular flexibility index (Phi) is 6.07. The molecule has 9 nitrogen and oxygen atoms in total. The molecule has 1 aliphatic rings. The van der Waals surface area contributed by atoms with E-state index in [0.29, 0.717) is 15.1 Å². The van der Waals surface area contributed by atoms with E-state index in [1.54, 1.807) is 24.3 Å². The largest absolute Gasteiger partial charge is 0.477 e. The first kappa shape index (κ1) is 23.4. The molecule has 0 spiro atoms. The zero-order chi connectivity index (χ0) is 23.2. The number of carboxylic acids is 1. The van der Waals surface area contributed by atoms with Crippen molar-refractivity contribution in [2.75, 3.05) is 0 Å². The van der Waals surface area contributed by atoms with Gasteiger partial charge in [-0.1, -0.05) is 24.3 Å². The maximum atomic E-state index is 11.7. The summed E-state index contributed by atoms with van der Waals surface area (Å²) in [6.07, 6.45) is 1.93. The van der Waals surface area contributed by atoms with Crippen molar-refractivity contribution in [1.29, 1.82) is 0 Å². The summed E-state index contributed by atoms with van der Waals surface area (Å²) in [4.78, 5) is 11.6. The van der Waals surface area contributed by atoms with E-state index >= 15 is 0 Å². The number of aliphatic hydroxyl groups is 1. The first-order valence-corrected chi connectivity index (χ1v) is 11.5. The lowest BCUT2D eigenvalue weighted by Crippen LogP contribution is -2.61. The van der Waals surface area contributed by atoms with Crippen molar-refractivity contribution < 1.29 is 23.4 Å². The van der Waals surface area contributed by atoms with E-state index < -0.39 is 28.1 Å². The molecule has 0 aliphatic carbocycles. The molecule has 0 saturated carbocycles. The van der Waals surface area contributed by atoms with Crippen molar-refractivity contribution in [3.8, 4) is 11.1 Å². The molecule has 170 valence electrons. The second-order valence-corrected chi connectivity index (χ2v) is 10.8. The number of piperidine rings is 1. The van der Waals surface area contributed by atoms with Gasteiger partial charge in [0.1, 0.15) is 6.23 Å². The number of aromatic carboxylic acids is 1. The minimum atomic E-state index is -4.24. The molecule has 2 aromatic rings. The Morgan fingerprint density at radius 2 is 1.71 bits per heavy atom. The number of carbonyl (C=O) groups is 1. The summed E-state index contributed by atoms with van der Waals surface area (Å²) in [6, 6.07) is 8.16. The Labute approximate surface area is 182 Å². The van der Waals surface area contributed by atoms with E-state index in [9.17, 15) is 23.4 Å². The number of nitrogens with two attached hydrogens (primary N) is 1. The van der Waals surface area contributed by atoms with Crippen molar-refractivity contribution in [2.45, 2.75) is 63.9 Å². The fourth-order valence-corrected chi connectivity index (χ4v) is 5.33. The average Bonchev–Trinajstić information content (AvgIpc) is 3.04. The van der Waals surface area contributed by atoms with Crippen LogP contribution in [-0.2, 0) is 10.2 Å². The topological polar surface area (TPSA) is 147 Å². The molecule has 1 unspecified atom stereocenters. The van der Waals surface area contributed by atoms with E-state index in [0.717, 1.165) is 19.0 Å². The Morgan fingerprint density at radius 3 is 2.19 bits per heavy atom. The summed E-state index contributed by atoms with van der Waals surface area (Å²) >= 11 is 0. The summed E-state index contributed by atoms with van der Waals surface area (Å²) in [5.74, 6) is -1.41. The van der Waals surface area contributed by atoms with Crippen LogP contribution in [0.5, 0.6) is 0 Å². The van der Waals surface area contributed by atoms with Crippen LogP contribution in [0.2, 0.25) is 0 Å². The number of benzene rings is 1. The second-order valence-electron chi connectivity index (χ2n) is 9.41. The lowest BCUT2D eigenvalue weighted by atomic mass is 9.79. The van der Waals surface area contributed by atoms with Gasteiger partial charge in [0.2, 0.25) is 0 Å². The van der Waals surface area contributed by atoms with Crippen molar-refractivity contribution in [1.82, 2.24) is 14.6 Å². The lowest BCUT2D eigenvalue weighted by Gasteiger charge is -2.47. The number of aromatic nitrogens is 1. The van der Waals surface area contributed by atoms with Crippen LogP contribution in [0.25, 0.3) is 11.1 Å². The highest BCUT2D eigenvalue weighted by Gasteiger charge is 2.38. The first-order chi connectivity index (χ1) is 14.2. The van der Waals surface area contributed by atoms with E-state index in [1.807, 2.05) is 0 Å². The van der Waals surface area contributed by atoms with Gasteiger partial charge in [-0.3, -0.25) is 5.32 Å². The van der Waals surface area contributed by atoms with Gasteiger partial charge in [-0.2, -0.15) is 8.42 Å². The highest BCUT2D eigenvalue weighted by Crippen LogP contribution is 2.31. The maximum absolute atomic E-state index is 11.7. The third-order valence-corrected chi connectivity index (χ3v) is 6.30. The Morgan fingerprint density at radius 1 is 1.16 bits per heavy atom. The molecular weight excluding hydrogens is 420 g/mol. The van der Waals surface area contributed by atoms with Crippen LogP contribution >= 0.6 is 0 Å². The molecule has 6 N–H and O–H groups in total. The molecule has 0 bridgehead atoms. The summed E-state index contributed by atoms with van der Waals surface area (Å²) in [7, 11) is -4.24. The van der Waals surface area contributed by atoms with E-state index in [2.05, 4.69) is 38.3 Å².